The van der Waals surface area contributed by atoms with Gasteiger partial charge in [0.15, 0.2) is 5.75 Å². The molecule has 2 rings (SSSR count). The molecule has 132 valence electrons. The van der Waals surface area contributed by atoms with Gasteiger partial charge in [0.05, 0.1) is 11.2 Å². The molecular formula is C15H14FIN4O2S2. The molecule has 0 saturated carbocycles. The number of carbonyl (C=O) groups is 1. The summed E-state index contributed by atoms with van der Waals surface area (Å²) in [5.41, 5.74) is 1.51. The molecule has 1 heterocycles. The molecule has 10 heteroatoms. The molecule has 6 nitrogen and oxygen atoms in total. The molecule has 0 fully saturated rings. The van der Waals surface area contributed by atoms with Crippen molar-refractivity contribution in [1.29, 1.82) is 5.26 Å². The van der Waals surface area contributed by atoms with E-state index in [9.17, 15) is 14.6 Å². The minimum atomic E-state index is -0.404. The van der Waals surface area contributed by atoms with E-state index in [2.05, 4.69) is 30.9 Å². The van der Waals surface area contributed by atoms with E-state index in [1.807, 2.05) is 6.07 Å². The van der Waals surface area contributed by atoms with Crippen LogP contribution in [0.5, 0.6) is 5.75 Å². The molecule has 25 heavy (non-hydrogen) atoms. The van der Waals surface area contributed by atoms with Crippen LogP contribution >= 0.6 is 42.3 Å². The summed E-state index contributed by atoms with van der Waals surface area (Å²) >= 11 is 3.35. The summed E-state index contributed by atoms with van der Waals surface area (Å²) in [7, 11) is 4.76. The smallest absolute Gasteiger partial charge is 0.222 e. The second-order valence-electron chi connectivity index (χ2n) is 5.13. The second-order valence-corrected chi connectivity index (χ2v) is 7.43. The standard InChI is InChI=1S/C15H14FIN4O2S2/c1-20(2)8-10(7-18)15(22)13-4-9-5-14(23-16)11(19-24-3)6-12(9)21(13)25-17/h4-6,8,19H,1-3H3/b10-8+. The molecule has 0 atom stereocenters. The first-order valence-corrected chi connectivity index (χ1v) is 11.4. The fourth-order valence-electron chi connectivity index (χ4n) is 2.23. The third kappa shape index (κ3) is 4.16. The average molecular weight is 492 g/mol. The average Bonchev–Trinajstić information content (AvgIpc) is 2.95. The Morgan fingerprint density at radius 2 is 2.20 bits per heavy atom. The van der Waals surface area contributed by atoms with E-state index in [0.717, 1.165) is 0 Å². The van der Waals surface area contributed by atoms with E-state index >= 15 is 0 Å². The Hall–Kier alpha value is -1.58. The van der Waals surface area contributed by atoms with Crippen LogP contribution in [0.3, 0.4) is 0 Å². The van der Waals surface area contributed by atoms with Crippen LogP contribution in [0, 0.1) is 11.3 Å². The van der Waals surface area contributed by atoms with Crippen molar-refractivity contribution in [2.75, 3.05) is 25.1 Å². The highest BCUT2D eigenvalue weighted by Gasteiger charge is 2.21. The number of carbonyl (C=O) groups excluding carboxylic acids is 1. The van der Waals surface area contributed by atoms with Crippen LogP contribution < -0.4 is 9.66 Å². The largest absolute Gasteiger partial charge is 0.382 e. The van der Waals surface area contributed by atoms with Gasteiger partial charge in [-0.05, 0) is 18.2 Å². The Bertz CT molecular complexity index is 877. The summed E-state index contributed by atoms with van der Waals surface area (Å²) in [4.78, 5) is 18.3. The Morgan fingerprint density at radius 3 is 2.72 bits per heavy atom. The van der Waals surface area contributed by atoms with E-state index in [0.29, 0.717) is 22.3 Å². The van der Waals surface area contributed by atoms with Crippen molar-refractivity contribution in [3.8, 4) is 11.8 Å². The van der Waals surface area contributed by atoms with Crippen molar-refractivity contribution in [3.63, 3.8) is 0 Å². The Balaban J connectivity index is 2.66. The summed E-state index contributed by atoms with van der Waals surface area (Å²) in [6, 6.07) is 6.76. The van der Waals surface area contributed by atoms with Crippen molar-refractivity contribution in [1.82, 2.24) is 8.87 Å². The van der Waals surface area contributed by atoms with Gasteiger partial charge in [-0.2, -0.15) is 5.26 Å². The fourth-order valence-corrected chi connectivity index (χ4v) is 4.33. The number of Topliss-reactive ketones (excluding diaryl/α,β-unsaturated/α-hetero) is 1. The first-order chi connectivity index (χ1) is 12.0. The monoisotopic (exact) mass is 492 g/mol. The number of allylic oxidation sites excluding steroid dienone is 1. The minimum absolute atomic E-state index is 0.0175. The van der Waals surface area contributed by atoms with E-state index < -0.39 is 5.78 Å². The summed E-state index contributed by atoms with van der Waals surface area (Å²) in [5.74, 6) is -0.376. The number of anilines is 1. The Kier molecular flexibility index (Phi) is 6.86. The summed E-state index contributed by atoms with van der Waals surface area (Å²) < 4.78 is 17.5. The van der Waals surface area contributed by atoms with Crippen LogP contribution in [-0.4, -0.2) is 35.0 Å². The van der Waals surface area contributed by atoms with Crippen LogP contribution in [-0.2, 0) is 0 Å². The van der Waals surface area contributed by atoms with Crippen molar-refractivity contribution < 1.29 is 14.3 Å². The second kappa shape index (κ2) is 8.68. The van der Waals surface area contributed by atoms with Crippen molar-refractivity contribution in [2.45, 2.75) is 0 Å². The van der Waals surface area contributed by atoms with Crippen molar-refractivity contribution in [3.05, 3.63) is 35.7 Å². The zero-order valence-corrected chi connectivity index (χ0v) is 17.3. The lowest BCUT2D eigenvalue weighted by Crippen LogP contribution is -2.10. The van der Waals surface area contributed by atoms with Gasteiger partial charge in [-0.1, -0.05) is 11.9 Å². The highest BCUT2D eigenvalue weighted by Crippen LogP contribution is 2.37. The number of hydrogen-bond acceptors (Lipinski definition) is 7. The van der Waals surface area contributed by atoms with Crippen LogP contribution in [0.25, 0.3) is 10.9 Å². The Morgan fingerprint density at radius 1 is 1.48 bits per heavy atom. The maximum Gasteiger partial charge on any atom is 0.222 e. The van der Waals surface area contributed by atoms with Gasteiger partial charge < -0.3 is 9.62 Å². The molecule has 1 aromatic carbocycles. The van der Waals surface area contributed by atoms with Crippen LogP contribution in [0.2, 0.25) is 0 Å². The maximum atomic E-state index is 12.8. The third-order valence-corrected chi connectivity index (χ3v) is 5.35. The minimum Gasteiger partial charge on any atom is -0.382 e. The van der Waals surface area contributed by atoms with Crippen LogP contribution in [0.15, 0.2) is 30.0 Å². The molecule has 0 unspecified atom stereocenters. The van der Waals surface area contributed by atoms with E-state index in [4.69, 9.17) is 0 Å². The number of aromatic nitrogens is 1. The molecule has 0 aliphatic heterocycles. The predicted molar refractivity (Wildman–Crippen MR) is 110 cm³/mol. The molecule has 2 aromatic rings. The number of nitriles is 1. The SMILES string of the molecule is CSNc1cc2c(cc1OF)cc(C(=O)/C(C#N)=C/N(C)C)n2SI. The first kappa shape index (κ1) is 19.7. The number of halogens is 2. The van der Waals surface area contributed by atoms with E-state index in [-0.39, 0.29) is 11.3 Å². The summed E-state index contributed by atoms with van der Waals surface area (Å²) in [5, 5.41) is 9.91. The summed E-state index contributed by atoms with van der Waals surface area (Å²) in [6.07, 6.45) is 3.28. The lowest BCUT2D eigenvalue weighted by Gasteiger charge is -2.09. The van der Waals surface area contributed by atoms with Gasteiger partial charge in [-0.3, -0.25) is 13.7 Å². The molecule has 0 spiro atoms. The van der Waals surface area contributed by atoms with Gasteiger partial charge in [-0.25, -0.2) is 0 Å². The number of rotatable bonds is 7. The highest BCUT2D eigenvalue weighted by molar-refractivity contribution is 14.2. The first-order valence-electron chi connectivity index (χ1n) is 6.86. The number of fused-ring (bicyclic) bond motifs is 1. The quantitative estimate of drug-likeness (QED) is 0.199. The molecule has 0 aliphatic carbocycles. The van der Waals surface area contributed by atoms with Gasteiger partial charge in [0.2, 0.25) is 5.78 Å². The highest BCUT2D eigenvalue weighted by atomic mass is 127. The van der Waals surface area contributed by atoms with Gasteiger partial charge in [0, 0.05) is 66.8 Å². The zero-order chi connectivity index (χ0) is 18.6. The number of ketones is 1. The van der Waals surface area contributed by atoms with Gasteiger partial charge in [-0.15, -0.1) is 0 Å². The van der Waals surface area contributed by atoms with Crippen molar-refractivity contribution >= 4 is 64.6 Å². The molecule has 0 aliphatic rings. The van der Waals surface area contributed by atoms with Crippen LogP contribution in [0.4, 0.5) is 10.2 Å². The number of benzene rings is 1. The number of nitrogens with one attached hydrogen (secondary N) is 1. The number of nitrogens with zero attached hydrogens (tertiary/aromatic N) is 3. The maximum absolute atomic E-state index is 12.8. The van der Waals surface area contributed by atoms with Gasteiger partial charge >= 0.3 is 0 Å². The fraction of sp³-hybridized carbons (Fsp3) is 0.200. The predicted octanol–water partition coefficient (Wildman–Crippen LogP) is 4.59. The normalized spacial score (nSPS) is 11.3. The molecule has 1 N–H and O–H groups in total. The molecule has 0 bridgehead atoms. The van der Waals surface area contributed by atoms with E-state index in [1.54, 1.807) is 41.4 Å². The Labute approximate surface area is 165 Å². The molecular weight excluding hydrogens is 478 g/mol. The van der Waals surface area contributed by atoms with E-state index in [1.165, 1.54) is 33.3 Å². The molecule has 0 saturated heterocycles. The van der Waals surface area contributed by atoms with Crippen molar-refractivity contribution in [2.24, 2.45) is 0 Å². The van der Waals surface area contributed by atoms with Crippen LogP contribution in [0.1, 0.15) is 10.5 Å². The zero-order valence-electron chi connectivity index (χ0n) is 13.5. The molecule has 0 radical (unpaired) electrons. The third-order valence-electron chi connectivity index (χ3n) is 3.21. The van der Waals surface area contributed by atoms with Gasteiger partial charge in [0.1, 0.15) is 17.3 Å². The summed E-state index contributed by atoms with van der Waals surface area (Å²) in [6.45, 7) is 0. The molecule has 1 aromatic heterocycles. The van der Waals surface area contributed by atoms with Gasteiger partial charge in [0.25, 0.3) is 0 Å². The topological polar surface area (TPSA) is 70.3 Å². The number of hydrogen-bond donors (Lipinski definition) is 1. The lowest BCUT2D eigenvalue weighted by atomic mass is 10.1. The molecule has 0 amide bonds. The lowest BCUT2D eigenvalue weighted by molar-refractivity contribution is -0.00504.